The van der Waals surface area contributed by atoms with Crippen LogP contribution < -0.4 is 4.72 Å². The van der Waals surface area contributed by atoms with Crippen molar-refractivity contribution in [3.05, 3.63) is 65.1 Å². The van der Waals surface area contributed by atoms with Crippen molar-refractivity contribution in [2.75, 3.05) is 0 Å². The first-order valence-electron chi connectivity index (χ1n) is 7.55. The third-order valence-electron chi connectivity index (χ3n) is 3.82. The lowest BCUT2D eigenvalue weighted by molar-refractivity contribution is 0.580. The summed E-state index contributed by atoms with van der Waals surface area (Å²) in [5, 5.41) is 4.51. The van der Waals surface area contributed by atoms with Gasteiger partial charge in [0.05, 0.1) is 10.6 Å². The van der Waals surface area contributed by atoms with Crippen molar-refractivity contribution in [2.45, 2.75) is 18.4 Å². The highest BCUT2D eigenvalue weighted by Crippen LogP contribution is 2.21. The van der Waals surface area contributed by atoms with E-state index in [1.807, 2.05) is 19.2 Å². The Hall–Kier alpha value is -2.22. The summed E-state index contributed by atoms with van der Waals surface area (Å²) in [7, 11) is -1.83. The van der Waals surface area contributed by atoms with Crippen molar-refractivity contribution in [3.63, 3.8) is 0 Å². The van der Waals surface area contributed by atoms with E-state index in [4.69, 9.17) is 11.6 Å². The third kappa shape index (κ3) is 3.89. The summed E-state index contributed by atoms with van der Waals surface area (Å²) >= 11 is 5.92. The van der Waals surface area contributed by atoms with Crippen LogP contribution in [0.25, 0.3) is 11.3 Å². The summed E-state index contributed by atoms with van der Waals surface area (Å²) < 4.78 is 29.4. The summed E-state index contributed by atoms with van der Waals surface area (Å²) in [5.41, 5.74) is 3.17. The summed E-state index contributed by atoms with van der Waals surface area (Å²) in [5.74, 6) is 0. The van der Waals surface area contributed by atoms with Crippen molar-refractivity contribution in [3.8, 4) is 11.3 Å². The first kappa shape index (κ1) is 17.6. The first-order chi connectivity index (χ1) is 11.9. The molecule has 0 aliphatic heterocycles. The van der Waals surface area contributed by atoms with Crippen molar-refractivity contribution in [1.29, 1.82) is 0 Å². The second-order valence-corrected chi connectivity index (χ2v) is 7.83. The van der Waals surface area contributed by atoms with Gasteiger partial charge in [-0.1, -0.05) is 17.7 Å². The number of hydrogen-bond donors (Lipinski definition) is 1. The number of aryl methyl sites for hydroxylation is 2. The fourth-order valence-corrected chi connectivity index (χ4v) is 4.02. The molecule has 0 aliphatic rings. The van der Waals surface area contributed by atoms with Gasteiger partial charge in [0.1, 0.15) is 0 Å². The number of benzene rings is 1. The van der Waals surface area contributed by atoms with Crippen LogP contribution in [0.3, 0.4) is 0 Å². The van der Waals surface area contributed by atoms with E-state index in [0.29, 0.717) is 10.6 Å². The fourth-order valence-electron chi connectivity index (χ4n) is 2.50. The maximum atomic E-state index is 12.5. The Kier molecular flexibility index (Phi) is 4.89. The van der Waals surface area contributed by atoms with E-state index in [0.717, 1.165) is 16.8 Å². The van der Waals surface area contributed by atoms with Gasteiger partial charge in [0, 0.05) is 42.8 Å². The summed E-state index contributed by atoms with van der Waals surface area (Å²) in [6, 6.07) is 8.56. The molecule has 0 radical (unpaired) electrons. The topological polar surface area (TPSA) is 76.9 Å². The van der Waals surface area contributed by atoms with Gasteiger partial charge in [-0.05, 0) is 42.3 Å². The van der Waals surface area contributed by atoms with Crippen LogP contribution in [0, 0.1) is 6.92 Å². The van der Waals surface area contributed by atoms with Crippen LogP contribution in [0.2, 0.25) is 5.02 Å². The first-order valence-corrected chi connectivity index (χ1v) is 9.41. The molecule has 0 bridgehead atoms. The molecule has 25 heavy (non-hydrogen) atoms. The van der Waals surface area contributed by atoms with Gasteiger partial charge in [0.25, 0.3) is 0 Å². The van der Waals surface area contributed by atoms with Crippen LogP contribution in [-0.2, 0) is 23.6 Å². The minimum Gasteiger partial charge on any atom is -0.268 e. The van der Waals surface area contributed by atoms with Crippen LogP contribution >= 0.6 is 11.6 Å². The zero-order valence-corrected chi connectivity index (χ0v) is 15.3. The van der Waals surface area contributed by atoms with Crippen molar-refractivity contribution < 1.29 is 8.42 Å². The number of sulfonamides is 1. The van der Waals surface area contributed by atoms with Crippen LogP contribution in [0.15, 0.2) is 53.8 Å². The molecule has 1 N–H and O–H groups in total. The van der Waals surface area contributed by atoms with Crippen LogP contribution in [0.4, 0.5) is 0 Å². The zero-order chi connectivity index (χ0) is 18.0. The molecule has 3 aromatic rings. The Balaban J connectivity index is 1.82. The second kappa shape index (κ2) is 6.95. The number of hydrogen-bond acceptors (Lipinski definition) is 4. The molecule has 0 fully saturated rings. The molecule has 3 rings (SSSR count). The minimum absolute atomic E-state index is 0.132. The van der Waals surface area contributed by atoms with E-state index in [1.165, 1.54) is 6.07 Å². The van der Waals surface area contributed by atoms with Crippen molar-refractivity contribution in [1.82, 2.24) is 19.5 Å². The molecule has 0 saturated carbocycles. The Labute approximate surface area is 151 Å². The lowest BCUT2D eigenvalue weighted by Crippen LogP contribution is -2.24. The summed E-state index contributed by atoms with van der Waals surface area (Å²) in [6.07, 6.45) is 5.05. The third-order valence-corrected chi connectivity index (χ3v) is 5.60. The van der Waals surface area contributed by atoms with Gasteiger partial charge >= 0.3 is 0 Å². The number of aromatic nitrogens is 3. The molecule has 0 unspecified atom stereocenters. The Morgan fingerprint density at radius 1 is 1.20 bits per heavy atom. The predicted octanol–water partition coefficient (Wildman–Crippen LogP) is 2.92. The molecule has 0 aliphatic carbocycles. The van der Waals surface area contributed by atoms with Gasteiger partial charge in [-0.15, -0.1) is 0 Å². The van der Waals surface area contributed by atoms with Crippen LogP contribution in [-0.4, -0.2) is 23.2 Å². The van der Waals surface area contributed by atoms with E-state index in [1.54, 1.807) is 42.3 Å². The lowest BCUT2D eigenvalue weighted by Gasteiger charge is -2.10. The average molecular weight is 377 g/mol. The quantitative estimate of drug-likeness (QED) is 0.742. The number of rotatable bonds is 5. The second-order valence-electron chi connectivity index (χ2n) is 5.66. The molecule has 1 aromatic carbocycles. The van der Waals surface area contributed by atoms with Gasteiger partial charge in [-0.25, -0.2) is 13.1 Å². The summed E-state index contributed by atoms with van der Waals surface area (Å²) in [4.78, 5) is 4.37. The highest BCUT2D eigenvalue weighted by molar-refractivity contribution is 7.89. The van der Waals surface area contributed by atoms with Crippen molar-refractivity contribution in [2.24, 2.45) is 7.05 Å². The maximum absolute atomic E-state index is 12.5. The molecule has 0 amide bonds. The molecule has 0 saturated heterocycles. The van der Waals surface area contributed by atoms with Gasteiger partial charge < -0.3 is 0 Å². The van der Waals surface area contributed by atoms with Gasteiger partial charge in [0.2, 0.25) is 10.0 Å². The van der Waals surface area contributed by atoms with E-state index in [-0.39, 0.29) is 11.4 Å². The van der Waals surface area contributed by atoms with Gasteiger partial charge in [0.15, 0.2) is 0 Å². The van der Waals surface area contributed by atoms with E-state index in [2.05, 4.69) is 14.8 Å². The smallest absolute Gasteiger partial charge is 0.241 e. The molecule has 2 aromatic heterocycles. The molecule has 6 nitrogen and oxygen atoms in total. The highest BCUT2D eigenvalue weighted by Gasteiger charge is 2.17. The zero-order valence-electron chi connectivity index (χ0n) is 13.8. The Bertz CT molecular complexity index is 1010. The molecule has 2 heterocycles. The molecule has 130 valence electrons. The van der Waals surface area contributed by atoms with E-state index < -0.39 is 10.0 Å². The van der Waals surface area contributed by atoms with Gasteiger partial charge in [-0.3, -0.25) is 9.67 Å². The highest BCUT2D eigenvalue weighted by atomic mass is 35.5. The predicted molar refractivity (Wildman–Crippen MR) is 96.7 cm³/mol. The Morgan fingerprint density at radius 2 is 2.00 bits per heavy atom. The average Bonchev–Trinajstić information content (AvgIpc) is 3.01. The van der Waals surface area contributed by atoms with Crippen LogP contribution in [0.1, 0.15) is 11.1 Å². The largest absolute Gasteiger partial charge is 0.268 e. The number of nitrogens with zero attached hydrogens (tertiary/aromatic N) is 3. The van der Waals surface area contributed by atoms with E-state index >= 15 is 0 Å². The van der Waals surface area contributed by atoms with Gasteiger partial charge in [-0.2, -0.15) is 5.10 Å². The fraction of sp³-hybridized carbons (Fsp3) is 0.176. The number of pyridine rings is 1. The van der Waals surface area contributed by atoms with Crippen LogP contribution in [0.5, 0.6) is 0 Å². The monoisotopic (exact) mass is 376 g/mol. The number of halogens is 1. The van der Waals surface area contributed by atoms with Crippen molar-refractivity contribution >= 4 is 21.6 Å². The summed E-state index contributed by atoms with van der Waals surface area (Å²) in [6.45, 7) is 1.86. The minimum atomic E-state index is -3.67. The molecule has 0 atom stereocenters. The lowest BCUT2D eigenvalue weighted by atomic mass is 10.1. The normalized spacial score (nSPS) is 11.6. The molecule has 8 heteroatoms. The molecule has 0 spiro atoms. The molecular formula is C17H17ClN4O2S. The Morgan fingerprint density at radius 3 is 2.72 bits per heavy atom. The molecular weight excluding hydrogens is 360 g/mol. The SMILES string of the molecule is Cc1ccc(Cl)cc1S(=O)(=O)NCc1cncc(-c2ccnn2C)c1. The number of nitrogens with one attached hydrogen (secondary N) is 1. The van der Waals surface area contributed by atoms with E-state index in [9.17, 15) is 8.42 Å². The standard InChI is InChI=1S/C17H17ClN4O2S/c1-12-3-4-15(18)8-17(12)25(23,24)21-10-13-7-14(11-19-9-13)16-5-6-20-22(16)2/h3-9,11,21H,10H2,1-2H3. The maximum Gasteiger partial charge on any atom is 0.241 e.